The number of hydrogen-bond donors (Lipinski definition) is 2. The van der Waals surface area contributed by atoms with E-state index in [0.717, 1.165) is 98.6 Å². The van der Waals surface area contributed by atoms with Gasteiger partial charge in [0.05, 0.1) is 70.7 Å². The first kappa shape index (κ1) is 68.7. The number of aliphatic hydroxyl groups is 1. The van der Waals surface area contributed by atoms with Gasteiger partial charge in [0.15, 0.2) is 35.8 Å². The zero-order chi connectivity index (χ0) is 59.7. The molecule has 19 heteroatoms. The van der Waals surface area contributed by atoms with Crippen LogP contribution in [0.3, 0.4) is 0 Å². The third-order valence-electron chi connectivity index (χ3n) is 14.4. The van der Waals surface area contributed by atoms with Crippen molar-refractivity contribution in [1.82, 2.24) is 20.5 Å². The highest BCUT2D eigenvalue weighted by molar-refractivity contribution is 7.94. The van der Waals surface area contributed by atoms with Crippen LogP contribution in [0, 0.1) is 0 Å². The van der Waals surface area contributed by atoms with Gasteiger partial charge in [0.1, 0.15) is 24.4 Å². The second-order valence-electron chi connectivity index (χ2n) is 20.1. The number of nitrogens with one attached hydrogen (secondary N) is 1. The Morgan fingerprint density at radius 1 is 0.683 bits per heavy atom. The number of likely N-dealkylation sites (tertiary alicyclic amines) is 1. The smallest absolute Gasteiger partial charge is 0.283 e. The van der Waals surface area contributed by atoms with Crippen molar-refractivity contribution < 1.29 is 66.6 Å². The maximum absolute atomic E-state index is 13.6. The standard InChI is InChI=1S/C42H55N3O9S.C11H16O4.C7H15N.C2H6.CH2O/c1-30-34(22-24-40-45(52-30)53-40)44-42(47)41-36(19-14-20-38(41)55-54-44)50-26-11-9-7-5-4-6-8-10-25-43-39(46)29-51-33-18-13-17-31(27-33)15-12-16-32-21-23-35(48-2)37(28-32)49-3;1-13-9-6-8(4-5-12)7-10(14-2)11(9)15-3;1-7-5-3-4-6-8(7)2;2*1-2/h13-14,17-21,23,27-28,30,34,40H,4-12,15-16,22,24-26,29H2,1-3H3,(H,43,46);6-7,12H,4-5H2,1-3H3;7H,3-6H2,1-2H3;1-2H3;1H2. The number of ether oxygens (including phenoxy) is 7. The number of aryl methyl sites for hydroxylation is 2. The van der Waals surface area contributed by atoms with Gasteiger partial charge in [0, 0.05) is 19.2 Å². The van der Waals surface area contributed by atoms with E-state index >= 15 is 0 Å². The minimum Gasteiger partial charge on any atom is -0.493 e. The van der Waals surface area contributed by atoms with E-state index in [1.807, 2.05) is 88.2 Å². The highest BCUT2D eigenvalue weighted by Gasteiger charge is 2.48. The number of fused-ring (bicyclic) bond motifs is 2. The molecule has 18 nitrogen and oxygen atoms in total. The maximum atomic E-state index is 13.6. The minimum atomic E-state index is -0.257. The molecule has 2 N–H and O–H groups in total. The Kier molecular flexibility index (Phi) is 32.6. The molecular weight excluding hydrogens is 1070 g/mol. The van der Waals surface area contributed by atoms with Crippen LogP contribution >= 0.6 is 12.0 Å². The van der Waals surface area contributed by atoms with Crippen LogP contribution in [0.4, 0.5) is 0 Å². The summed E-state index contributed by atoms with van der Waals surface area (Å²) >= 11 is 1.19. The number of rotatable bonds is 27. The Morgan fingerprint density at radius 2 is 1.33 bits per heavy atom. The SMILES string of the molecule is C=O.CC.CC1CCCCN1C.COc1cc(CCO)cc(OC)c1OC.COc1ccc(CCCc2cccc(OCC(=O)NCCCCCCCCCCOc3cccc4c3C(=O)N(C3CCC5ON5OC3C)OS4)c2)cc1OC. The number of hydrogen-bond acceptors (Lipinski definition) is 17. The average Bonchev–Trinajstić information content (AvgIpc) is 4.44. The molecule has 0 bridgehead atoms. The molecule has 2 amide bonds. The molecule has 4 aliphatic heterocycles. The molecule has 5 atom stereocenters. The number of piperidine rings is 1. The van der Waals surface area contributed by atoms with Crippen LogP contribution in [-0.2, 0) is 42.8 Å². The van der Waals surface area contributed by atoms with E-state index in [4.69, 9.17) is 57.0 Å². The van der Waals surface area contributed by atoms with Gasteiger partial charge in [-0.25, -0.2) is 4.84 Å². The number of unbranched alkanes of at least 4 members (excludes halogenated alkanes) is 7. The van der Waals surface area contributed by atoms with E-state index in [-0.39, 0.29) is 43.4 Å². The fraction of sp³-hybridized carbons (Fsp3) is 0.571. The molecule has 0 aromatic heterocycles. The number of amides is 2. The molecule has 3 fully saturated rings. The maximum Gasteiger partial charge on any atom is 0.283 e. The molecular formula is C63H94N4O14S. The topological polar surface area (TPSA) is 189 Å². The van der Waals surface area contributed by atoms with Crippen molar-refractivity contribution in [1.29, 1.82) is 0 Å². The molecule has 4 aromatic rings. The number of nitrogens with zero attached hydrogens (tertiary/aromatic N) is 3. The second kappa shape index (κ2) is 38.9. The lowest BCUT2D eigenvalue weighted by atomic mass is 10.0. The highest BCUT2D eigenvalue weighted by Crippen LogP contribution is 2.42. The van der Waals surface area contributed by atoms with Crippen molar-refractivity contribution in [3.63, 3.8) is 0 Å². The molecule has 4 heterocycles. The van der Waals surface area contributed by atoms with Crippen molar-refractivity contribution >= 4 is 30.6 Å². The van der Waals surface area contributed by atoms with E-state index in [2.05, 4.69) is 36.3 Å². The van der Waals surface area contributed by atoms with Crippen LogP contribution in [0.5, 0.6) is 40.2 Å². The van der Waals surface area contributed by atoms with Gasteiger partial charge < -0.3 is 53.3 Å². The second-order valence-corrected chi connectivity index (χ2v) is 20.8. The average molecular weight is 1160 g/mol. The summed E-state index contributed by atoms with van der Waals surface area (Å²) in [6.07, 6.45) is 17.5. The van der Waals surface area contributed by atoms with Crippen molar-refractivity contribution in [2.24, 2.45) is 0 Å². The van der Waals surface area contributed by atoms with Crippen LogP contribution < -0.4 is 38.5 Å². The highest BCUT2D eigenvalue weighted by atomic mass is 32.2. The third kappa shape index (κ3) is 22.4. The van der Waals surface area contributed by atoms with E-state index in [0.29, 0.717) is 53.9 Å². The lowest BCUT2D eigenvalue weighted by molar-refractivity contribution is -0.221. The summed E-state index contributed by atoms with van der Waals surface area (Å²) in [4.78, 5) is 48.3. The summed E-state index contributed by atoms with van der Waals surface area (Å²) in [6.45, 7) is 12.9. The molecule has 0 radical (unpaired) electrons. The monoisotopic (exact) mass is 1160 g/mol. The van der Waals surface area contributed by atoms with Gasteiger partial charge in [0.25, 0.3) is 11.8 Å². The Bertz CT molecular complexity index is 2430. The predicted molar refractivity (Wildman–Crippen MR) is 320 cm³/mol. The van der Waals surface area contributed by atoms with Gasteiger partial charge in [-0.15, -0.1) is 0 Å². The van der Waals surface area contributed by atoms with E-state index in [1.54, 1.807) is 35.5 Å². The van der Waals surface area contributed by atoms with Gasteiger partial charge >= 0.3 is 0 Å². The van der Waals surface area contributed by atoms with Crippen molar-refractivity contribution in [3.05, 3.63) is 95.1 Å². The van der Waals surface area contributed by atoms with E-state index in [9.17, 15) is 9.59 Å². The zero-order valence-corrected chi connectivity index (χ0v) is 51.3. The summed E-state index contributed by atoms with van der Waals surface area (Å²) < 4.78 is 44.1. The number of carbonyl (C=O) groups excluding carboxylic acids is 3. The molecule has 0 saturated carbocycles. The quantitative estimate of drug-likeness (QED) is 0.0326. The summed E-state index contributed by atoms with van der Waals surface area (Å²) in [5.74, 6) is 4.29. The van der Waals surface area contributed by atoms with Gasteiger partial charge in [0.2, 0.25) is 5.75 Å². The molecule has 4 aliphatic rings. The lowest BCUT2D eigenvalue weighted by Crippen LogP contribution is -2.47. The van der Waals surface area contributed by atoms with Crippen molar-refractivity contribution in [2.45, 2.75) is 166 Å². The fourth-order valence-electron chi connectivity index (χ4n) is 9.65. The van der Waals surface area contributed by atoms with Crippen LogP contribution in [0.2, 0.25) is 0 Å². The molecule has 8 rings (SSSR count). The molecule has 0 aliphatic carbocycles. The van der Waals surface area contributed by atoms with Crippen LogP contribution in [-0.4, -0.2) is 139 Å². The largest absolute Gasteiger partial charge is 0.493 e. The van der Waals surface area contributed by atoms with Gasteiger partial charge in [-0.3, -0.25) is 14.4 Å². The van der Waals surface area contributed by atoms with Gasteiger partial charge in [-0.2, -0.15) is 9.35 Å². The number of aliphatic hydroxyl groups excluding tert-OH is 1. The normalized spacial score (nSPS) is 18.7. The molecule has 456 valence electrons. The van der Waals surface area contributed by atoms with Crippen LogP contribution in [0.25, 0.3) is 0 Å². The van der Waals surface area contributed by atoms with Crippen LogP contribution in [0.1, 0.15) is 145 Å². The number of methoxy groups -OCH3 is 5. The lowest BCUT2D eigenvalue weighted by Gasteiger charge is -2.35. The Hall–Kier alpha value is -5.80. The number of benzene rings is 4. The van der Waals surface area contributed by atoms with Gasteiger partial charge in [-0.1, -0.05) is 83.1 Å². The minimum absolute atomic E-state index is 0.0123. The molecule has 5 unspecified atom stereocenters. The summed E-state index contributed by atoms with van der Waals surface area (Å²) in [5.41, 5.74) is 3.89. The van der Waals surface area contributed by atoms with E-state index < -0.39 is 0 Å². The first-order valence-corrected chi connectivity index (χ1v) is 29.9. The summed E-state index contributed by atoms with van der Waals surface area (Å²) in [5, 5.41) is 14.8. The fourth-order valence-corrected chi connectivity index (χ4v) is 10.4. The van der Waals surface area contributed by atoms with Crippen molar-refractivity contribution in [2.75, 3.05) is 75.5 Å². The van der Waals surface area contributed by atoms with Gasteiger partial charge in [-0.05, 0) is 162 Å². The first-order chi connectivity index (χ1) is 40.0. The predicted octanol–water partition coefficient (Wildman–Crippen LogP) is 11.6. The molecule has 0 spiro atoms. The number of hydroxylamine groups is 4. The molecule has 4 aromatic carbocycles. The number of carbonyl (C=O) groups is 3. The zero-order valence-electron chi connectivity index (χ0n) is 50.5. The Labute approximate surface area is 492 Å². The first-order valence-electron chi connectivity index (χ1n) is 29.2. The van der Waals surface area contributed by atoms with E-state index in [1.165, 1.54) is 72.1 Å². The Balaban J connectivity index is 0.000000438. The summed E-state index contributed by atoms with van der Waals surface area (Å²) in [6, 6.07) is 23.9. The van der Waals surface area contributed by atoms with Crippen LogP contribution in [0.15, 0.2) is 77.7 Å². The summed E-state index contributed by atoms with van der Waals surface area (Å²) in [7, 11) is 10.2. The van der Waals surface area contributed by atoms with Crippen molar-refractivity contribution in [3.8, 4) is 40.2 Å². The Morgan fingerprint density at radius 3 is 1.96 bits per heavy atom. The molecule has 82 heavy (non-hydrogen) atoms. The third-order valence-corrected chi connectivity index (χ3v) is 15.2. The molecule has 3 saturated heterocycles.